The van der Waals surface area contributed by atoms with Crippen LogP contribution in [0.2, 0.25) is 5.02 Å². The minimum atomic E-state index is 0.561. The predicted molar refractivity (Wildman–Crippen MR) is 63.1 cm³/mol. The van der Waals surface area contributed by atoms with Crippen molar-refractivity contribution >= 4 is 33.7 Å². The molecule has 0 spiro atoms. The second-order valence-electron chi connectivity index (χ2n) is 3.44. The van der Waals surface area contributed by atoms with Crippen LogP contribution < -0.4 is 4.74 Å². The third-order valence-corrected chi connectivity index (χ3v) is 2.69. The minimum absolute atomic E-state index is 0.561. The first-order valence-electron chi connectivity index (χ1n) is 4.80. The standard InChI is InChI=1S/C12H8ClNO2/c1-15-8-3-2-4-9-11(8)12-10(16-9)5-7(13)6-14-12/h2-6H,1H3. The molecule has 2 aromatic heterocycles. The Morgan fingerprint density at radius 3 is 3.00 bits per heavy atom. The van der Waals surface area contributed by atoms with Crippen LogP contribution in [-0.4, -0.2) is 12.1 Å². The van der Waals surface area contributed by atoms with Crippen molar-refractivity contribution in [3.8, 4) is 5.75 Å². The maximum Gasteiger partial charge on any atom is 0.155 e. The number of nitrogens with zero attached hydrogens (tertiary/aromatic N) is 1. The summed E-state index contributed by atoms with van der Waals surface area (Å²) in [5.41, 5.74) is 2.20. The van der Waals surface area contributed by atoms with Crippen LogP contribution in [0.4, 0.5) is 0 Å². The normalized spacial score (nSPS) is 11.1. The molecule has 0 amide bonds. The van der Waals surface area contributed by atoms with E-state index in [4.69, 9.17) is 20.8 Å². The molecular formula is C12H8ClNO2. The zero-order valence-electron chi connectivity index (χ0n) is 8.53. The van der Waals surface area contributed by atoms with Gasteiger partial charge in [0.25, 0.3) is 0 Å². The Morgan fingerprint density at radius 1 is 1.31 bits per heavy atom. The first kappa shape index (κ1) is 9.48. The third-order valence-electron chi connectivity index (χ3n) is 2.48. The highest BCUT2D eigenvalue weighted by Crippen LogP contribution is 2.34. The molecule has 2 heterocycles. The number of ether oxygens (including phenoxy) is 1. The van der Waals surface area contributed by atoms with Gasteiger partial charge in [-0.25, -0.2) is 0 Å². The van der Waals surface area contributed by atoms with E-state index in [1.165, 1.54) is 0 Å². The number of rotatable bonds is 1. The Hall–Kier alpha value is -1.74. The average molecular weight is 234 g/mol. The van der Waals surface area contributed by atoms with Crippen LogP contribution in [0.3, 0.4) is 0 Å². The van der Waals surface area contributed by atoms with Crippen molar-refractivity contribution in [2.24, 2.45) is 0 Å². The Labute approximate surface area is 96.6 Å². The fourth-order valence-electron chi connectivity index (χ4n) is 1.80. The maximum absolute atomic E-state index is 5.87. The second-order valence-corrected chi connectivity index (χ2v) is 3.87. The third kappa shape index (κ3) is 1.25. The minimum Gasteiger partial charge on any atom is -0.496 e. The van der Waals surface area contributed by atoms with E-state index >= 15 is 0 Å². The van der Waals surface area contributed by atoms with Gasteiger partial charge < -0.3 is 9.15 Å². The van der Waals surface area contributed by atoms with Crippen molar-refractivity contribution in [1.29, 1.82) is 0 Å². The van der Waals surface area contributed by atoms with Crippen molar-refractivity contribution in [3.63, 3.8) is 0 Å². The van der Waals surface area contributed by atoms with Crippen LogP contribution in [0.1, 0.15) is 0 Å². The van der Waals surface area contributed by atoms with E-state index in [1.807, 2.05) is 18.2 Å². The quantitative estimate of drug-likeness (QED) is 0.644. The molecule has 0 N–H and O–H groups in total. The van der Waals surface area contributed by atoms with Gasteiger partial charge in [-0.05, 0) is 12.1 Å². The van der Waals surface area contributed by atoms with Crippen LogP contribution >= 0.6 is 11.6 Å². The number of methoxy groups -OCH3 is 1. The highest BCUT2D eigenvalue weighted by atomic mass is 35.5. The SMILES string of the molecule is COc1cccc2oc3cc(Cl)cnc3c12. The molecule has 0 aliphatic heterocycles. The number of hydrogen-bond acceptors (Lipinski definition) is 3. The fourth-order valence-corrected chi connectivity index (χ4v) is 1.95. The Bertz CT molecular complexity index is 675. The average Bonchev–Trinajstić information content (AvgIpc) is 2.65. The summed E-state index contributed by atoms with van der Waals surface area (Å²) in [7, 11) is 1.63. The van der Waals surface area contributed by atoms with Crippen molar-refractivity contribution in [2.45, 2.75) is 0 Å². The summed E-state index contributed by atoms with van der Waals surface area (Å²) in [5.74, 6) is 0.756. The largest absolute Gasteiger partial charge is 0.496 e. The molecule has 3 nitrogen and oxygen atoms in total. The summed E-state index contributed by atoms with van der Waals surface area (Å²) in [6.07, 6.45) is 1.60. The van der Waals surface area contributed by atoms with Crippen molar-refractivity contribution in [3.05, 3.63) is 35.5 Å². The molecule has 80 valence electrons. The molecule has 0 saturated carbocycles. The van der Waals surface area contributed by atoms with Gasteiger partial charge in [-0.1, -0.05) is 17.7 Å². The molecule has 0 aliphatic rings. The zero-order chi connectivity index (χ0) is 11.1. The van der Waals surface area contributed by atoms with Crippen molar-refractivity contribution in [1.82, 2.24) is 4.98 Å². The van der Waals surface area contributed by atoms with Crippen molar-refractivity contribution in [2.75, 3.05) is 7.11 Å². The van der Waals surface area contributed by atoms with Crippen LogP contribution in [0.5, 0.6) is 5.75 Å². The molecule has 3 rings (SSSR count). The zero-order valence-corrected chi connectivity index (χ0v) is 9.28. The van der Waals surface area contributed by atoms with Crippen LogP contribution in [0, 0.1) is 0 Å². The van der Waals surface area contributed by atoms with E-state index in [9.17, 15) is 0 Å². The number of pyridine rings is 1. The summed E-state index contributed by atoms with van der Waals surface area (Å²) >= 11 is 5.87. The van der Waals surface area contributed by atoms with Gasteiger partial charge in [0.05, 0.1) is 17.5 Å². The number of halogens is 1. The number of aromatic nitrogens is 1. The van der Waals surface area contributed by atoms with Gasteiger partial charge in [0.15, 0.2) is 5.58 Å². The molecule has 1 aromatic carbocycles. The first-order chi connectivity index (χ1) is 7.79. The summed E-state index contributed by atoms with van der Waals surface area (Å²) in [6.45, 7) is 0. The van der Waals surface area contributed by atoms with Gasteiger partial charge in [-0.2, -0.15) is 0 Å². The van der Waals surface area contributed by atoms with Gasteiger partial charge in [-0.15, -0.1) is 0 Å². The number of hydrogen-bond donors (Lipinski definition) is 0. The molecule has 0 atom stereocenters. The summed E-state index contributed by atoms with van der Waals surface area (Å²) in [6, 6.07) is 7.40. The van der Waals surface area contributed by atoms with Gasteiger partial charge in [0.1, 0.15) is 16.8 Å². The molecule has 0 unspecified atom stereocenters. The molecule has 0 radical (unpaired) electrons. The van der Waals surface area contributed by atoms with E-state index in [0.717, 1.165) is 22.2 Å². The molecular weight excluding hydrogens is 226 g/mol. The van der Waals surface area contributed by atoms with E-state index in [2.05, 4.69) is 4.98 Å². The Balaban J connectivity index is 2.52. The summed E-state index contributed by atoms with van der Waals surface area (Å²) in [4.78, 5) is 4.27. The lowest BCUT2D eigenvalue weighted by atomic mass is 10.2. The van der Waals surface area contributed by atoms with Crippen LogP contribution in [-0.2, 0) is 0 Å². The van der Waals surface area contributed by atoms with Gasteiger partial charge >= 0.3 is 0 Å². The fraction of sp³-hybridized carbons (Fsp3) is 0.0833. The number of benzene rings is 1. The lowest BCUT2D eigenvalue weighted by Gasteiger charge is -1.99. The van der Waals surface area contributed by atoms with Crippen LogP contribution in [0.15, 0.2) is 34.9 Å². The predicted octanol–water partition coefficient (Wildman–Crippen LogP) is 3.64. The van der Waals surface area contributed by atoms with E-state index in [-0.39, 0.29) is 0 Å². The lowest BCUT2D eigenvalue weighted by molar-refractivity contribution is 0.420. The number of fused-ring (bicyclic) bond motifs is 3. The molecule has 0 saturated heterocycles. The molecule has 16 heavy (non-hydrogen) atoms. The van der Waals surface area contributed by atoms with Gasteiger partial charge in [0, 0.05) is 12.3 Å². The van der Waals surface area contributed by atoms with Gasteiger partial charge in [0.2, 0.25) is 0 Å². The van der Waals surface area contributed by atoms with Crippen molar-refractivity contribution < 1.29 is 9.15 Å². The Morgan fingerprint density at radius 2 is 2.19 bits per heavy atom. The van der Waals surface area contributed by atoms with E-state index in [0.29, 0.717) is 10.6 Å². The molecule has 0 bridgehead atoms. The molecule has 3 aromatic rings. The topological polar surface area (TPSA) is 35.3 Å². The first-order valence-corrected chi connectivity index (χ1v) is 5.18. The lowest BCUT2D eigenvalue weighted by Crippen LogP contribution is -1.83. The van der Waals surface area contributed by atoms with E-state index < -0.39 is 0 Å². The molecule has 0 aliphatic carbocycles. The van der Waals surface area contributed by atoms with E-state index in [1.54, 1.807) is 19.4 Å². The second kappa shape index (κ2) is 3.39. The van der Waals surface area contributed by atoms with Gasteiger partial charge in [-0.3, -0.25) is 4.98 Å². The Kier molecular flexibility index (Phi) is 2.01. The smallest absolute Gasteiger partial charge is 0.155 e. The summed E-state index contributed by atoms with van der Waals surface area (Å²) < 4.78 is 10.9. The molecule has 0 fully saturated rings. The molecule has 4 heteroatoms. The maximum atomic E-state index is 5.87. The van der Waals surface area contributed by atoms with Crippen LogP contribution in [0.25, 0.3) is 22.1 Å². The number of furan rings is 1. The highest BCUT2D eigenvalue weighted by Gasteiger charge is 2.12. The summed E-state index contributed by atoms with van der Waals surface area (Å²) in [5, 5.41) is 1.45. The monoisotopic (exact) mass is 233 g/mol. The highest BCUT2D eigenvalue weighted by molar-refractivity contribution is 6.31.